The molecule has 0 aliphatic rings. The number of alkyl halides is 1. The first-order valence-corrected chi connectivity index (χ1v) is 10.4. The van der Waals surface area contributed by atoms with E-state index in [1.807, 2.05) is 49.4 Å². The lowest BCUT2D eigenvalue weighted by atomic mass is 9.97. The highest BCUT2D eigenvalue weighted by atomic mass is 35.5. The summed E-state index contributed by atoms with van der Waals surface area (Å²) in [5, 5.41) is 0. The standard InChI is InChI=1S/C21H26ClNO2S/c1-16-9-13-19(14-10-16)26(25)21(22)18(15-20(24)23(2)3)12-11-17-7-5-4-6-8-17/h4-10,13-14,18,21H,11-12,15H2,1-3H3. The summed E-state index contributed by atoms with van der Waals surface area (Å²) >= 11 is 6.62. The van der Waals surface area contributed by atoms with Crippen LogP contribution in [0.4, 0.5) is 0 Å². The van der Waals surface area contributed by atoms with Gasteiger partial charge < -0.3 is 4.90 Å². The van der Waals surface area contributed by atoms with E-state index < -0.39 is 15.5 Å². The molecular formula is C21H26ClNO2S. The van der Waals surface area contributed by atoms with Crippen LogP contribution in [0, 0.1) is 12.8 Å². The molecule has 0 saturated carbocycles. The smallest absolute Gasteiger partial charge is 0.222 e. The summed E-state index contributed by atoms with van der Waals surface area (Å²) < 4.78 is 12.3. The average molecular weight is 392 g/mol. The fourth-order valence-electron chi connectivity index (χ4n) is 2.71. The lowest BCUT2D eigenvalue weighted by Gasteiger charge is -2.23. The van der Waals surface area contributed by atoms with Gasteiger partial charge in [0.25, 0.3) is 0 Å². The second-order valence-electron chi connectivity index (χ2n) is 6.74. The van der Waals surface area contributed by atoms with Crippen molar-refractivity contribution in [1.82, 2.24) is 4.90 Å². The minimum atomic E-state index is -1.36. The van der Waals surface area contributed by atoms with Crippen LogP contribution in [-0.4, -0.2) is 33.8 Å². The molecule has 0 aliphatic heterocycles. The summed E-state index contributed by atoms with van der Waals surface area (Å²) in [5.74, 6) is -0.150. The van der Waals surface area contributed by atoms with Crippen LogP contribution in [0.2, 0.25) is 0 Å². The zero-order chi connectivity index (χ0) is 19.1. The van der Waals surface area contributed by atoms with Crippen molar-refractivity contribution in [3.63, 3.8) is 0 Å². The van der Waals surface area contributed by atoms with Crippen molar-refractivity contribution in [2.75, 3.05) is 14.1 Å². The topological polar surface area (TPSA) is 37.4 Å². The van der Waals surface area contributed by atoms with Gasteiger partial charge >= 0.3 is 0 Å². The van der Waals surface area contributed by atoms with Crippen LogP contribution in [0.25, 0.3) is 0 Å². The summed E-state index contributed by atoms with van der Waals surface area (Å²) in [4.78, 5) is 14.5. The third-order valence-electron chi connectivity index (χ3n) is 4.41. The predicted octanol–water partition coefficient (Wildman–Crippen LogP) is 4.39. The lowest BCUT2D eigenvalue weighted by molar-refractivity contribution is -0.129. The van der Waals surface area contributed by atoms with Crippen molar-refractivity contribution in [2.45, 2.75) is 35.8 Å². The largest absolute Gasteiger partial charge is 0.349 e. The maximum Gasteiger partial charge on any atom is 0.222 e. The van der Waals surface area contributed by atoms with E-state index in [-0.39, 0.29) is 11.8 Å². The van der Waals surface area contributed by atoms with Crippen molar-refractivity contribution < 1.29 is 9.00 Å². The van der Waals surface area contributed by atoms with Crippen LogP contribution >= 0.6 is 11.6 Å². The highest BCUT2D eigenvalue weighted by Crippen LogP contribution is 2.28. The molecular weight excluding hydrogens is 366 g/mol. The van der Waals surface area contributed by atoms with E-state index in [1.165, 1.54) is 5.56 Å². The molecule has 2 aromatic rings. The highest BCUT2D eigenvalue weighted by Gasteiger charge is 2.28. The van der Waals surface area contributed by atoms with E-state index in [9.17, 15) is 9.00 Å². The highest BCUT2D eigenvalue weighted by molar-refractivity contribution is 7.87. The number of benzene rings is 2. The summed E-state index contributed by atoms with van der Waals surface area (Å²) in [6.45, 7) is 1.99. The van der Waals surface area contributed by atoms with Gasteiger partial charge in [0.05, 0.1) is 10.8 Å². The van der Waals surface area contributed by atoms with E-state index in [0.29, 0.717) is 11.3 Å². The van der Waals surface area contributed by atoms with Crippen molar-refractivity contribution in [2.24, 2.45) is 5.92 Å². The Labute approximate surface area is 163 Å². The van der Waals surface area contributed by atoms with Gasteiger partial charge in [-0.25, -0.2) is 0 Å². The van der Waals surface area contributed by atoms with E-state index >= 15 is 0 Å². The number of amides is 1. The molecule has 0 spiro atoms. The SMILES string of the molecule is Cc1ccc(S(=O)C(Cl)C(CCc2ccccc2)CC(=O)N(C)C)cc1. The second kappa shape index (κ2) is 9.89. The molecule has 3 unspecified atom stereocenters. The zero-order valence-electron chi connectivity index (χ0n) is 15.5. The molecule has 2 aromatic carbocycles. The number of nitrogens with zero attached hydrogens (tertiary/aromatic N) is 1. The van der Waals surface area contributed by atoms with Gasteiger partial charge in [0, 0.05) is 25.4 Å². The van der Waals surface area contributed by atoms with Crippen LogP contribution in [0.1, 0.15) is 24.0 Å². The number of hydrogen-bond donors (Lipinski definition) is 0. The minimum absolute atomic E-state index is 0.00891. The van der Waals surface area contributed by atoms with Crippen molar-refractivity contribution in [3.8, 4) is 0 Å². The first-order valence-electron chi connectivity index (χ1n) is 8.74. The molecule has 140 valence electrons. The maximum atomic E-state index is 12.9. The van der Waals surface area contributed by atoms with Crippen LogP contribution < -0.4 is 0 Å². The van der Waals surface area contributed by atoms with E-state index in [0.717, 1.165) is 18.4 Å². The van der Waals surface area contributed by atoms with Crippen LogP contribution in [0.5, 0.6) is 0 Å². The van der Waals surface area contributed by atoms with Gasteiger partial charge in [0.2, 0.25) is 5.91 Å². The fraction of sp³-hybridized carbons (Fsp3) is 0.381. The molecule has 0 fully saturated rings. The van der Waals surface area contributed by atoms with Crippen LogP contribution in [0.15, 0.2) is 59.5 Å². The molecule has 0 aliphatic carbocycles. The second-order valence-corrected chi connectivity index (χ2v) is 9.04. The molecule has 2 rings (SSSR count). The van der Waals surface area contributed by atoms with Crippen molar-refractivity contribution >= 4 is 28.3 Å². The van der Waals surface area contributed by atoms with Gasteiger partial charge in [-0.2, -0.15) is 0 Å². The quantitative estimate of drug-likeness (QED) is 0.625. The first-order chi connectivity index (χ1) is 12.4. The minimum Gasteiger partial charge on any atom is -0.349 e. The van der Waals surface area contributed by atoms with E-state index in [4.69, 9.17) is 11.6 Å². The Morgan fingerprint density at radius 1 is 1.08 bits per heavy atom. The molecule has 5 heteroatoms. The van der Waals surface area contributed by atoms with E-state index in [1.54, 1.807) is 19.0 Å². The number of carbonyl (C=O) groups is 1. The van der Waals surface area contributed by atoms with Crippen molar-refractivity contribution in [1.29, 1.82) is 0 Å². The van der Waals surface area contributed by atoms with Crippen molar-refractivity contribution in [3.05, 3.63) is 65.7 Å². The summed E-state index contributed by atoms with van der Waals surface area (Å²) in [6, 6.07) is 17.7. The fourth-order valence-corrected chi connectivity index (χ4v) is 4.48. The van der Waals surface area contributed by atoms with Gasteiger partial charge in [0.15, 0.2) is 0 Å². The molecule has 3 nitrogen and oxygen atoms in total. The third kappa shape index (κ3) is 5.96. The zero-order valence-corrected chi connectivity index (χ0v) is 17.1. The Hall–Kier alpha value is -1.65. The summed E-state index contributed by atoms with van der Waals surface area (Å²) in [6.07, 6.45) is 1.82. The Morgan fingerprint density at radius 2 is 1.69 bits per heavy atom. The normalized spacial score (nSPS) is 14.5. The predicted molar refractivity (Wildman–Crippen MR) is 109 cm³/mol. The number of aryl methyl sites for hydroxylation is 2. The van der Waals surface area contributed by atoms with E-state index in [2.05, 4.69) is 12.1 Å². The van der Waals surface area contributed by atoms with Gasteiger partial charge in [-0.1, -0.05) is 48.0 Å². The summed E-state index contributed by atoms with van der Waals surface area (Å²) in [7, 11) is 2.11. The number of halogens is 1. The molecule has 0 heterocycles. The molecule has 0 aromatic heterocycles. The Kier molecular flexibility index (Phi) is 7.85. The maximum absolute atomic E-state index is 12.9. The third-order valence-corrected chi connectivity index (χ3v) is 6.78. The number of hydrogen-bond acceptors (Lipinski definition) is 2. The Balaban J connectivity index is 2.13. The summed E-state index contributed by atoms with van der Waals surface area (Å²) in [5.41, 5.74) is 2.31. The molecule has 0 radical (unpaired) electrons. The molecule has 26 heavy (non-hydrogen) atoms. The molecule has 3 atom stereocenters. The van der Waals surface area contributed by atoms with Crippen LogP contribution in [0.3, 0.4) is 0 Å². The molecule has 1 amide bonds. The molecule has 0 saturated heterocycles. The van der Waals surface area contributed by atoms with Crippen LogP contribution in [-0.2, 0) is 22.0 Å². The lowest BCUT2D eigenvalue weighted by Crippen LogP contribution is -2.29. The van der Waals surface area contributed by atoms with Gasteiger partial charge in [0.1, 0.15) is 4.71 Å². The average Bonchev–Trinajstić information content (AvgIpc) is 2.65. The Bertz CT molecular complexity index is 731. The monoisotopic (exact) mass is 391 g/mol. The van der Waals surface area contributed by atoms with Gasteiger partial charge in [-0.05, 0) is 43.4 Å². The number of carbonyl (C=O) groups excluding carboxylic acids is 1. The van der Waals surface area contributed by atoms with Gasteiger partial charge in [-0.3, -0.25) is 9.00 Å². The number of rotatable bonds is 8. The molecule has 0 bridgehead atoms. The van der Waals surface area contributed by atoms with Gasteiger partial charge in [-0.15, -0.1) is 11.6 Å². The Morgan fingerprint density at radius 3 is 2.27 bits per heavy atom. The first kappa shape index (κ1) is 20.7. The molecule has 0 N–H and O–H groups in total.